The molecule has 8 heteroatoms. The van der Waals surface area contributed by atoms with Gasteiger partial charge in [0.25, 0.3) is 0 Å². The van der Waals surface area contributed by atoms with Crippen molar-refractivity contribution in [2.24, 2.45) is 0 Å². The number of hydrogen-bond acceptors (Lipinski definition) is 6. The van der Waals surface area contributed by atoms with E-state index in [1.54, 1.807) is 10.6 Å². The van der Waals surface area contributed by atoms with Crippen LogP contribution in [0.15, 0.2) is 65.5 Å². The molecule has 1 unspecified atom stereocenters. The van der Waals surface area contributed by atoms with Crippen molar-refractivity contribution < 1.29 is 4.39 Å². The summed E-state index contributed by atoms with van der Waals surface area (Å²) in [7, 11) is 0. The van der Waals surface area contributed by atoms with Crippen LogP contribution in [0.2, 0.25) is 0 Å². The molecule has 1 aliphatic heterocycles. The molecule has 1 fully saturated rings. The third kappa shape index (κ3) is 4.23. The lowest BCUT2D eigenvalue weighted by atomic mass is 9.97. The Morgan fingerprint density at radius 1 is 1.34 bits per heavy atom. The van der Waals surface area contributed by atoms with Crippen LogP contribution in [0.5, 0.6) is 0 Å². The van der Waals surface area contributed by atoms with Gasteiger partial charge in [-0.3, -0.25) is 0 Å². The smallest absolute Gasteiger partial charge is 0.169 e. The van der Waals surface area contributed by atoms with Crippen molar-refractivity contribution in [3.63, 3.8) is 0 Å². The fourth-order valence-corrected chi connectivity index (χ4v) is 4.87. The lowest BCUT2D eigenvalue weighted by Gasteiger charge is -2.28. The van der Waals surface area contributed by atoms with E-state index in [9.17, 15) is 4.39 Å². The minimum Gasteiger partial charge on any atom is -0.382 e. The van der Waals surface area contributed by atoms with Crippen LogP contribution < -0.4 is 10.6 Å². The maximum absolute atomic E-state index is 13.3. The lowest BCUT2D eigenvalue weighted by Crippen LogP contribution is -2.31. The minimum absolute atomic E-state index is 0.0755. The number of aryl methyl sites for hydroxylation is 1. The zero-order valence-corrected chi connectivity index (χ0v) is 19.4. The van der Waals surface area contributed by atoms with E-state index in [0.29, 0.717) is 11.5 Å². The van der Waals surface area contributed by atoms with Gasteiger partial charge in [0.2, 0.25) is 0 Å². The predicted molar refractivity (Wildman–Crippen MR) is 131 cm³/mol. The van der Waals surface area contributed by atoms with Crippen LogP contribution in [0.25, 0.3) is 16.2 Å². The molecule has 32 heavy (non-hydrogen) atoms. The van der Waals surface area contributed by atoms with E-state index in [0.717, 1.165) is 52.6 Å². The highest BCUT2D eigenvalue weighted by molar-refractivity contribution is 7.13. The first-order valence-corrected chi connectivity index (χ1v) is 11.5. The van der Waals surface area contributed by atoms with Crippen molar-refractivity contribution >= 4 is 28.6 Å². The predicted octanol–water partition coefficient (Wildman–Crippen LogP) is 5.64. The van der Waals surface area contributed by atoms with Crippen molar-refractivity contribution in [2.75, 3.05) is 17.2 Å². The van der Waals surface area contributed by atoms with Crippen molar-refractivity contribution in [1.82, 2.24) is 19.6 Å². The lowest BCUT2D eigenvalue weighted by molar-refractivity contribution is 0.640. The average Bonchev–Trinajstić information content (AvgIpc) is 3.47. The van der Waals surface area contributed by atoms with Gasteiger partial charge < -0.3 is 10.6 Å². The molecule has 1 aliphatic rings. The van der Waals surface area contributed by atoms with Crippen molar-refractivity contribution in [2.45, 2.75) is 39.7 Å². The highest BCUT2D eigenvalue weighted by Crippen LogP contribution is 2.35. The summed E-state index contributed by atoms with van der Waals surface area (Å²) in [6.07, 6.45) is 11.0. The highest BCUT2D eigenvalue weighted by atomic mass is 32.1. The molecule has 3 aromatic heterocycles. The minimum atomic E-state index is -0.238. The first kappa shape index (κ1) is 22.0. The van der Waals surface area contributed by atoms with Gasteiger partial charge in [0, 0.05) is 23.8 Å². The van der Waals surface area contributed by atoms with Crippen LogP contribution in [0.4, 0.5) is 16.0 Å². The SMILES string of the molecule is C=C(C(=C\C=C(/C)F)/C=C/C)C1CCCN1c1ccn2nc(N)c(-c3nc(C)cs3)c2n1. The van der Waals surface area contributed by atoms with Crippen LogP contribution in [0.1, 0.15) is 32.4 Å². The molecular formula is C24H27FN6S. The van der Waals surface area contributed by atoms with Crippen LogP contribution in [0.3, 0.4) is 0 Å². The summed E-state index contributed by atoms with van der Waals surface area (Å²) in [5.74, 6) is 1.02. The van der Waals surface area contributed by atoms with E-state index in [1.807, 2.05) is 43.6 Å². The first-order valence-electron chi connectivity index (χ1n) is 10.6. The van der Waals surface area contributed by atoms with E-state index in [4.69, 9.17) is 10.7 Å². The van der Waals surface area contributed by atoms with Gasteiger partial charge in [-0.05, 0) is 56.9 Å². The summed E-state index contributed by atoms with van der Waals surface area (Å²) in [6, 6.07) is 2.03. The summed E-state index contributed by atoms with van der Waals surface area (Å²) in [6.45, 7) is 10.6. The van der Waals surface area contributed by atoms with E-state index in [2.05, 4.69) is 21.6 Å². The molecule has 0 spiro atoms. The van der Waals surface area contributed by atoms with E-state index >= 15 is 0 Å². The zero-order chi connectivity index (χ0) is 22.8. The van der Waals surface area contributed by atoms with Gasteiger partial charge in [0.15, 0.2) is 11.5 Å². The number of fused-ring (bicyclic) bond motifs is 1. The molecular weight excluding hydrogens is 423 g/mol. The Morgan fingerprint density at radius 2 is 2.16 bits per heavy atom. The second-order valence-electron chi connectivity index (χ2n) is 7.86. The second-order valence-corrected chi connectivity index (χ2v) is 8.72. The maximum Gasteiger partial charge on any atom is 0.169 e. The van der Waals surface area contributed by atoms with Crippen LogP contribution in [-0.4, -0.2) is 32.2 Å². The van der Waals surface area contributed by atoms with E-state index < -0.39 is 0 Å². The normalized spacial score (nSPS) is 17.8. The van der Waals surface area contributed by atoms with Gasteiger partial charge in [0.05, 0.1) is 17.4 Å². The molecule has 0 amide bonds. The van der Waals surface area contributed by atoms with Crippen LogP contribution in [-0.2, 0) is 0 Å². The summed E-state index contributed by atoms with van der Waals surface area (Å²) >= 11 is 1.53. The number of allylic oxidation sites excluding steroid dienone is 5. The molecule has 0 aliphatic carbocycles. The highest BCUT2D eigenvalue weighted by Gasteiger charge is 2.29. The van der Waals surface area contributed by atoms with Gasteiger partial charge in [-0.1, -0.05) is 24.8 Å². The van der Waals surface area contributed by atoms with E-state index in [1.165, 1.54) is 24.3 Å². The number of rotatable bonds is 6. The van der Waals surface area contributed by atoms with E-state index in [-0.39, 0.29) is 11.9 Å². The third-order valence-electron chi connectivity index (χ3n) is 5.49. The summed E-state index contributed by atoms with van der Waals surface area (Å²) < 4.78 is 15.0. The number of hydrogen-bond donors (Lipinski definition) is 1. The average molecular weight is 451 g/mol. The van der Waals surface area contributed by atoms with Gasteiger partial charge in [-0.2, -0.15) is 0 Å². The molecule has 1 saturated heterocycles. The molecule has 0 saturated carbocycles. The Labute approximate surface area is 191 Å². The number of halogens is 1. The number of nitrogen functional groups attached to an aromatic ring is 1. The third-order valence-corrected chi connectivity index (χ3v) is 6.47. The second kappa shape index (κ2) is 9.08. The quantitative estimate of drug-likeness (QED) is 0.492. The Bertz CT molecular complexity index is 1240. The summed E-state index contributed by atoms with van der Waals surface area (Å²) in [4.78, 5) is 11.8. The number of anilines is 2. The molecule has 0 aromatic carbocycles. The Balaban J connectivity index is 1.72. The van der Waals surface area contributed by atoms with Crippen LogP contribution >= 0.6 is 11.3 Å². The van der Waals surface area contributed by atoms with Crippen molar-refractivity contribution in [1.29, 1.82) is 0 Å². The molecule has 4 heterocycles. The molecule has 166 valence electrons. The standard InChI is InChI=1S/C24H27FN6S/c1-5-7-18(10-9-15(2)25)17(4)19-8-6-12-30(19)20-11-13-31-23(28-20)21(22(26)29-31)24-27-16(3)14-32-24/h5,7,9-11,13-14,19H,4,6,8,12H2,1-3H3,(H2,26,29)/b7-5+,15-9+,18-10-. The fraction of sp³-hybridized carbons (Fsp3) is 0.292. The fourth-order valence-electron chi connectivity index (χ4n) is 4.02. The van der Waals surface area contributed by atoms with Gasteiger partial charge >= 0.3 is 0 Å². The Kier molecular flexibility index (Phi) is 6.23. The van der Waals surface area contributed by atoms with Crippen molar-refractivity contribution in [3.8, 4) is 10.6 Å². The van der Waals surface area contributed by atoms with Crippen molar-refractivity contribution in [3.05, 3.63) is 71.2 Å². The molecule has 6 nitrogen and oxygen atoms in total. The number of nitrogens with zero attached hydrogens (tertiary/aromatic N) is 5. The topological polar surface area (TPSA) is 72.3 Å². The molecule has 0 radical (unpaired) electrons. The van der Waals surface area contributed by atoms with Crippen LogP contribution in [0, 0.1) is 6.92 Å². The van der Waals surface area contributed by atoms with Gasteiger partial charge in [-0.15, -0.1) is 16.4 Å². The molecule has 4 rings (SSSR count). The first-order chi connectivity index (χ1) is 15.4. The maximum atomic E-state index is 13.3. The van der Waals surface area contributed by atoms with Gasteiger partial charge in [0.1, 0.15) is 10.8 Å². The summed E-state index contributed by atoms with van der Waals surface area (Å²) in [5, 5.41) is 7.22. The van der Waals surface area contributed by atoms with Gasteiger partial charge in [-0.25, -0.2) is 18.9 Å². The Hall–Kier alpha value is -3.26. The largest absolute Gasteiger partial charge is 0.382 e. The Morgan fingerprint density at radius 3 is 2.84 bits per heavy atom. The molecule has 1 atom stereocenters. The molecule has 3 aromatic rings. The zero-order valence-electron chi connectivity index (χ0n) is 18.5. The summed E-state index contributed by atoms with van der Waals surface area (Å²) in [5.41, 5.74) is 10.5. The molecule has 2 N–H and O–H groups in total. The number of aromatic nitrogens is 4. The molecule has 0 bridgehead atoms. The number of thiazole rings is 1. The number of nitrogens with two attached hydrogens (primary N) is 1. The monoisotopic (exact) mass is 450 g/mol.